The van der Waals surface area contributed by atoms with Crippen molar-refractivity contribution < 1.29 is 8.78 Å². The van der Waals surface area contributed by atoms with Crippen LogP contribution in [0.5, 0.6) is 0 Å². The minimum Gasteiger partial charge on any atom is -0.205 e. The van der Waals surface area contributed by atoms with Crippen molar-refractivity contribution in [1.29, 1.82) is 0 Å². The van der Waals surface area contributed by atoms with Crippen LogP contribution in [-0.4, -0.2) is 0 Å². The topological polar surface area (TPSA) is 0 Å². The number of alkyl halides is 3. The third-order valence-electron chi connectivity index (χ3n) is 1.48. The van der Waals surface area contributed by atoms with Crippen LogP contribution in [0.2, 0.25) is 0 Å². The molecule has 0 bridgehead atoms. The molecule has 1 rings (SSSR count). The van der Waals surface area contributed by atoms with Crippen LogP contribution in [0, 0.1) is 0 Å². The van der Waals surface area contributed by atoms with E-state index in [9.17, 15) is 8.78 Å². The van der Waals surface area contributed by atoms with Gasteiger partial charge in [0.1, 0.15) is 0 Å². The summed E-state index contributed by atoms with van der Waals surface area (Å²) in [5, 5.41) is 0.451. The van der Waals surface area contributed by atoms with E-state index in [1.807, 2.05) is 0 Å². The Hall–Kier alpha value is 0.0400. The summed E-state index contributed by atoms with van der Waals surface area (Å²) in [4.78, 5) is 0. The highest BCUT2D eigenvalue weighted by atomic mass is 79.9. The molecule has 0 aromatic heterocycles. The van der Waals surface area contributed by atoms with E-state index in [2.05, 4.69) is 31.9 Å². The Labute approximate surface area is 86.2 Å². The van der Waals surface area contributed by atoms with E-state index in [4.69, 9.17) is 0 Å². The monoisotopic (exact) mass is 298 g/mol. The Bertz CT molecular complexity index is 274. The molecule has 0 atom stereocenters. The molecule has 0 amide bonds. The molecule has 0 heterocycles. The van der Waals surface area contributed by atoms with Gasteiger partial charge in [-0.15, -0.1) is 0 Å². The minimum absolute atomic E-state index is 0.0927. The van der Waals surface area contributed by atoms with Gasteiger partial charge in [0.2, 0.25) is 0 Å². The number of halogens is 4. The lowest BCUT2D eigenvalue weighted by Crippen LogP contribution is -1.91. The van der Waals surface area contributed by atoms with Crippen molar-refractivity contribution in [2.45, 2.75) is 11.8 Å². The lowest BCUT2D eigenvalue weighted by molar-refractivity contribution is 0.150. The summed E-state index contributed by atoms with van der Waals surface area (Å²) in [6, 6.07) is 4.75. The highest BCUT2D eigenvalue weighted by molar-refractivity contribution is 9.10. The molecule has 0 spiro atoms. The van der Waals surface area contributed by atoms with Gasteiger partial charge in [-0.2, -0.15) is 0 Å². The molecule has 0 nitrogen and oxygen atoms in total. The summed E-state index contributed by atoms with van der Waals surface area (Å²) >= 11 is 6.38. The van der Waals surface area contributed by atoms with Gasteiger partial charge in [0.15, 0.2) is 0 Å². The van der Waals surface area contributed by atoms with Gasteiger partial charge in [0.05, 0.1) is 0 Å². The summed E-state index contributed by atoms with van der Waals surface area (Å²) in [5.74, 6) is 0. The van der Waals surface area contributed by atoms with Gasteiger partial charge in [-0.3, -0.25) is 0 Å². The standard InChI is InChI=1S/C8H6Br2F2/c9-4-5-3-6(10)1-2-7(5)8(11)12/h1-3,8H,4H2. The summed E-state index contributed by atoms with van der Waals surface area (Å²) in [5.41, 5.74) is 0.717. The van der Waals surface area contributed by atoms with Gasteiger partial charge < -0.3 is 0 Å². The van der Waals surface area contributed by atoms with Crippen LogP contribution < -0.4 is 0 Å². The van der Waals surface area contributed by atoms with Crippen LogP contribution in [0.3, 0.4) is 0 Å². The lowest BCUT2D eigenvalue weighted by Gasteiger charge is -2.05. The Morgan fingerprint density at radius 2 is 2.00 bits per heavy atom. The Morgan fingerprint density at radius 3 is 2.50 bits per heavy atom. The fourth-order valence-corrected chi connectivity index (χ4v) is 1.80. The zero-order chi connectivity index (χ0) is 9.14. The molecule has 66 valence electrons. The first-order valence-electron chi connectivity index (χ1n) is 3.27. The molecule has 12 heavy (non-hydrogen) atoms. The third-order valence-corrected chi connectivity index (χ3v) is 2.58. The van der Waals surface area contributed by atoms with Gasteiger partial charge in [0.25, 0.3) is 6.43 Å². The summed E-state index contributed by atoms with van der Waals surface area (Å²) < 4.78 is 25.4. The summed E-state index contributed by atoms with van der Waals surface area (Å²) in [7, 11) is 0. The van der Waals surface area contributed by atoms with E-state index in [1.165, 1.54) is 6.07 Å². The highest BCUT2D eigenvalue weighted by Gasteiger charge is 2.11. The van der Waals surface area contributed by atoms with Crippen molar-refractivity contribution in [1.82, 2.24) is 0 Å². The maximum absolute atomic E-state index is 12.3. The average Bonchev–Trinajstić information content (AvgIpc) is 2.03. The molecule has 0 saturated heterocycles. The first-order chi connectivity index (χ1) is 5.65. The predicted molar refractivity (Wildman–Crippen MR) is 51.7 cm³/mol. The van der Waals surface area contributed by atoms with E-state index in [-0.39, 0.29) is 5.56 Å². The average molecular weight is 300 g/mol. The van der Waals surface area contributed by atoms with Gasteiger partial charge in [0, 0.05) is 15.4 Å². The van der Waals surface area contributed by atoms with E-state index >= 15 is 0 Å². The molecule has 0 aliphatic heterocycles. The van der Waals surface area contributed by atoms with E-state index in [1.54, 1.807) is 12.1 Å². The number of benzene rings is 1. The largest absolute Gasteiger partial charge is 0.264 e. The van der Waals surface area contributed by atoms with E-state index in [0.29, 0.717) is 10.9 Å². The molecule has 0 N–H and O–H groups in total. The summed E-state index contributed by atoms with van der Waals surface area (Å²) in [6.07, 6.45) is -2.40. The third kappa shape index (κ3) is 2.26. The van der Waals surface area contributed by atoms with Crippen LogP contribution in [-0.2, 0) is 5.33 Å². The second kappa shape index (κ2) is 4.33. The second-order valence-corrected chi connectivity index (χ2v) is 3.75. The second-order valence-electron chi connectivity index (χ2n) is 2.28. The molecule has 0 aliphatic rings. The predicted octanol–water partition coefficient (Wildman–Crippen LogP) is 4.28. The summed E-state index contributed by atoms with van der Waals surface area (Å²) in [6.45, 7) is 0. The van der Waals surface area contributed by atoms with Gasteiger partial charge in [-0.25, -0.2) is 8.78 Å². The van der Waals surface area contributed by atoms with Crippen molar-refractivity contribution in [2.24, 2.45) is 0 Å². The molecular weight excluding hydrogens is 294 g/mol. The van der Waals surface area contributed by atoms with Crippen molar-refractivity contribution in [3.63, 3.8) is 0 Å². The van der Waals surface area contributed by atoms with Crippen LogP contribution in [0.25, 0.3) is 0 Å². The molecule has 0 aliphatic carbocycles. The Balaban J connectivity index is 3.11. The van der Waals surface area contributed by atoms with E-state index in [0.717, 1.165) is 4.47 Å². The minimum atomic E-state index is -2.40. The van der Waals surface area contributed by atoms with Crippen LogP contribution in [0.15, 0.2) is 22.7 Å². The van der Waals surface area contributed by atoms with Crippen molar-refractivity contribution in [2.75, 3.05) is 0 Å². The van der Waals surface area contributed by atoms with Crippen LogP contribution in [0.4, 0.5) is 8.78 Å². The maximum atomic E-state index is 12.3. The van der Waals surface area contributed by atoms with Crippen LogP contribution in [0.1, 0.15) is 17.6 Å². The van der Waals surface area contributed by atoms with Gasteiger partial charge in [-0.05, 0) is 17.7 Å². The number of rotatable bonds is 2. The van der Waals surface area contributed by atoms with Gasteiger partial charge in [-0.1, -0.05) is 37.9 Å². The first kappa shape index (κ1) is 10.1. The van der Waals surface area contributed by atoms with Gasteiger partial charge >= 0.3 is 0 Å². The van der Waals surface area contributed by atoms with Crippen molar-refractivity contribution in [3.05, 3.63) is 33.8 Å². The molecule has 1 aromatic carbocycles. The molecule has 1 aromatic rings. The molecular formula is C8H6Br2F2. The van der Waals surface area contributed by atoms with Crippen molar-refractivity contribution in [3.8, 4) is 0 Å². The highest BCUT2D eigenvalue weighted by Crippen LogP contribution is 2.27. The number of hydrogen-bond acceptors (Lipinski definition) is 0. The lowest BCUT2D eigenvalue weighted by atomic mass is 10.1. The van der Waals surface area contributed by atoms with E-state index < -0.39 is 6.43 Å². The smallest absolute Gasteiger partial charge is 0.205 e. The van der Waals surface area contributed by atoms with Crippen molar-refractivity contribution >= 4 is 31.9 Å². The molecule has 0 radical (unpaired) electrons. The Kier molecular flexibility index (Phi) is 3.65. The molecule has 4 heteroatoms. The fraction of sp³-hybridized carbons (Fsp3) is 0.250. The Morgan fingerprint density at radius 1 is 1.33 bits per heavy atom. The molecule has 0 saturated carbocycles. The normalized spacial score (nSPS) is 10.8. The molecule has 0 unspecified atom stereocenters. The first-order valence-corrected chi connectivity index (χ1v) is 5.19. The SMILES string of the molecule is FC(F)c1ccc(Br)cc1CBr. The fourth-order valence-electron chi connectivity index (χ4n) is 0.903. The maximum Gasteiger partial charge on any atom is 0.264 e. The van der Waals surface area contributed by atoms with Crippen LogP contribution >= 0.6 is 31.9 Å². The molecule has 0 fully saturated rings. The quantitative estimate of drug-likeness (QED) is 0.715. The number of hydrogen-bond donors (Lipinski definition) is 0. The zero-order valence-electron chi connectivity index (χ0n) is 6.03. The zero-order valence-corrected chi connectivity index (χ0v) is 9.20.